The molecule has 3 heterocycles. The standard InChI is InChI=1S/C12H17N5/c1-9-7-15-12-11(14-5-6-17(9)12)16-10-3-2-4-13-8-10/h5-7,10,13H,2-4,8H2,1H3,(H,14,16). The smallest absolute Gasteiger partial charge is 0.180 e. The molecular weight excluding hydrogens is 214 g/mol. The molecule has 5 heteroatoms. The molecule has 1 aliphatic heterocycles. The Labute approximate surface area is 100 Å². The van der Waals surface area contributed by atoms with Crippen LogP contribution in [0, 0.1) is 6.92 Å². The van der Waals surface area contributed by atoms with E-state index in [9.17, 15) is 0 Å². The summed E-state index contributed by atoms with van der Waals surface area (Å²) in [7, 11) is 0. The Balaban J connectivity index is 1.89. The van der Waals surface area contributed by atoms with Crippen molar-refractivity contribution in [2.45, 2.75) is 25.8 Å². The Morgan fingerprint density at radius 2 is 2.41 bits per heavy atom. The predicted octanol–water partition coefficient (Wildman–Crippen LogP) is 1.20. The number of rotatable bonds is 2. The number of nitrogens with one attached hydrogen (secondary N) is 2. The molecule has 0 spiro atoms. The summed E-state index contributed by atoms with van der Waals surface area (Å²) < 4.78 is 2.06. The zero-order valence-corrected chi connectivity index (χ0v) is 9.98. The van der Waals surface area contributed by atoms with Gasteiger partial charge in [-0.05, 0) is 26.3 Å². The maximum atomic E-state index is 4.40. The number of anilines is 1. The molecule has 5 nitrogen and oxygen atoms in total. The van der Waals surface area contributed by atoms with Crippen molar-refractivity contribution in [3.63, 3.8) is 0 Å². The number of aryl methyl sites for hydroxylation is 1. The van der Waals surface area contributed by atoms with Gasteiger partial charge in [-0.25, -0.2) is 9.97 Å². The van der Waals surface area contributed by atoms with Crippen LogP contribution in [0.2, 0.25) is 0 Å². The molecule has 3 rings (SSSR count). The summed E-state index contributed by atoms with van der Waals surface area (Å²) in [5.74, 6) is 0.884. The van der Waals surface area contributed by atoms with Crippen LogP contribution in [0.1, 0.15) is 18.5 Å². The highest BCUT2D eigenvalue weighted by molar-refractivity contribution is 5.63. The molecule has 1 saturated heterocycles. The zero-order valence-electron chi connectivity index (χ0n) is 9.98. The van der Waals surface area contributed by atoms with Crippen molar-refractivity contribution < 1.29 is 0 Å². The number of hydrogen-bond donors (Lipinski definition) is 2. The van der Waals surface area contributed by atoms with E-state index in [1.807, 2.05) is 25.5 Å². The van der Waals surface area contributed by atoms with Crippen molar-refractivity contribution >= 4 is 11.5 Å². The van der Waals surface area contributed by atoms with Gasteiger partial charge in [0.1, 0.15) is 0 Å². The Bertz CT molecular complexity index is 513. The van der Waals surface area contributed by atoms with Crippen LogP contribution in [0.5, 0.6) is 0 Å². The van der Waals surface area contributed by atoms with Crippen molar-refractivity contribution in [2.75, 3.05) is 18.4 Å². The quantitative estimate of drug-likeness (QED) is 0.815. The third kappa shape index (κ3) is 1.98. The Kier molecular flexibility index (Phi) is 2.68. The van der Waals surface area contributed by atoms with Crippen LogP contribution in [0.15, 0.2) is 18.6 Å². The number of piperidine rings is 1. The zero-order chi connectivity index (χ0) is 11.7. The molecule has 1 unspecified atom stereocenters. The highest BCUT2D eigenvalue weighted by Gasteiger charge is 2.15. The van der Waals surface area contributed by atoms with E-state index in [0.717, 1.165) is 30.2 Å². The fourth-order valence-electron chi connectivity index (χ4n) is 2.31. The number of fused-ring (bicyclic) bond motifs is 1. The van der Waals surface area contributed by atoms with E-state index in [-0.39, 0.29) is 0 Å². The van der Waals surface area contributed by atoms with Crippen LogP contribution >= 0.6 is 0 Å². The molecule has 2 N–H and O–H groups in total. The lowest BCUT2D eigenvalue weighted by atomic mass is 10.1. The molecule has 0 amide bonds. The van der Waals surface area contributed by atoms with Crippen molar-refractivity contribution in [1.82, 2.24) is 19.7 Å². The monoisotopic (exact) mass is 231 g/mol. The van der Waals surface area contributed by atoms with Crippen LogP contribution in [-0.4, -0.2) is 33.5 Å². The molecule has 2 aromatic heterocycles. The third-order valence-corrected chi connectivity index (χ3v) is 3.25. The van der Waals surface area contributed by atoms with Gasteiger partial charge < -0.3 is 10.6 Å². The van der Waals surface area contributed by atoms with Crippen LogP contribution in [0.25, 0.3) is 5.65 Å². The molecule has 17 heavy (non-hydrogen) atoms. The second kappa shape index (κ2) is 4.33. The molecule has 1 fully saturated rings. The normalized spacial score (nSPS) is 20.6. The average Bonchev–Trinajstić information content (AvgIpc) is 2.74. The van der Waals surface area contributed by atoms with Gasteiger partial charge in [0.15, 0.2) is 11.5 Å². The van der Waals surface area contributed by atoms with Gasteiger partial charge in [0.05, 0.1) is 0 Å². The van der Waals surface area contributed by atoms with E-state index in [4.69, 9.17) is 0 Å². The van der Waals surface area contributed by atoms with Crippen molar-refractivity contribution in [1.29, 1.82) is 0 Å². The number of hydrogen-bond acceptors (Lipinski definition) is 4. The van der Waals surface area contributed by atoms with E-state index in [1.165, 1.54) is 12.8 Å². The molecule has 0 aliphatic carbocycles. The number of aromatic nitrogens is 3. The van der Waals surface area contributed by atoms with Gasteiger partial charge in [-0.15, -0.1) is 0 Å². The van der Waals surface area contributed by atoms with Crippen molar-refractivity contribution in [2.24, 2.45) is 0 Å². The molecule has 2 aromatic rings. The first-order valence-electron chi connectivity index (χ1n) is 6.10. The lowest BCUT2D eigenvalue weighted by Crippen LogP contribution is -2.38. The summed E-state index contributed by atoms with van der Waals surface area (Å²) in [5, 5.41) is 6.87. The van der Waals surface area contributed by atoms with E-state index >= 15 is 0 Å². The van der Waals surface area contributed by atoms with Gasteiger partial charge in [0.25, 0.3) is 0 Å². The SMILES string of the molecule is Cc1cnc2c(NC3CCCNC3)nccn12. The molecule has 90 valence electrons. The second-order valence-electron chi connectivity index (χ2n) is 4.56. The minimum atomic E-state index is 0.458. The van der Waals surface area contributed by atoms with E-state index in [0.29, 0.717) is 6.04 Å². The lowest BCUT2D eigenvalue weighted by molar-refractivity contribution is 0.479. The third-order valence-electron chi connectivity index (χ3n) is 3.25. The van der Waals surface area contributed by atoms with Crippen molar-refractivity contribution in [3.05, 3.63) is 24.3 Å². The molecular formula is C12H17N5. The first-order chi connectivity index (χ1) is 8.34. The van der Waals surface area contributed by atoms with Gasteiger partial charge in [0, 0.05) is 36.9 Å². The summed E-state index contributed by atoms with van der Waals surface area (Å²) >= 11 is 0. The summed E-state index contributed by atoms with van der Waals surface area (Å²) in [6.45, 7) is 4.17. The highest BCUT2D eigenvalue weighted by Crippen LogP contribution is 2.16. The lowest BCUT2D eigenvalue weighted by Gasteiger charge is -2.24. The number of imidazole rings is 1. The molecule has 1 aliphatic rings. The van der Waals surface area contributed by atoms with Gasteiger partial charge >= 0.3 is 0 Å². The summed E-state index contributed by atoms with van der Waals surface area (Å²) in [6.07, 6.45) is 8.05. The Morgan fingerprint density at radius 1 is 1.47 bits per heavy atom. The maximum Gasteiger partial charge on any atom is 0.180 e. The molecule has 0 aromatic carbocycles. The molecule has 0 radical (unpaired) electrons. The van der Waals surface area contributed by atoms with Gasteiger partial charge in [-0.2, -0.15) is 0 Å². The summed E-state index contributed by atoms with van der Waals surface area (Å²) in [5.41, 5.74) is 2.04. The van der Waals surface area contributed by atoms with Gasteiger partial charge in [-0.1, -0.05) is 0 Å². The van der Waals surface area contributed by atoms with Crippen molar-refractivity contribution in [3.8, 4) is 0 Å². The fourth-order valence-corrected chi connectivity index (χ4v) is 2.31. The van der Waals surface area contributed by atoms with E-state index in [1.54, 1.807) is 0 Å². The number of nitrogens with zero attached hydrogens (tertiary/aromatic N) is 3. The first-order valence-corrected chi connectivity index (χ1v) is 6.10. The predicted molar refractivity (Wildman–Crippen MR) is 67.2 cm³/mol. The van der Waals surface area contributed by atoms with Gasteiger partial charge in [-0.3, -0.25) is 4.40 Å². The van der Waals surface area contributed by atoms with Crippen LogP contribution in [0.4, 0.5) is 5.82 Å². The van der Waals surface area contributed by atoms with Crippen LogP contribution < -0.4 is 10.6 Å². The molecule has 0 saturated carbocycles. The maximum absolute atomic E-state index is 4.40. The fraction of sp³-hybridized carbons (Fsp3) is 0.500. The van der Waals surface area contributed by atoms with E-state index in [2.05, 4.69) is 25.0 Å². The van der Waals surface area contributed by atoms with Crippen LogP contribution in [0.3, 0.4) is 0 Å². The van der Waals surface area contributed by atoms with E-state index < -0.39 is 0 Å². The Hall–Kier alpha value is -1.62. The second-order valence-corrected chi connectivity index (χ2v) is 4.56. The Morgan fingerprint density at radius 3 is 3.24 bits per heavy atom. The average molecular weight is 231 g/mol. The molecule has 0 bridgehead atoms. The summed E-state index contributed by atoms with van der Waals surface area (Å²) in [6, 6.07) is 0.458. The molecule has 1 atom stereocenters. The highest BCUT2D eigenvalue weighted by atomic mass is 15.1. The van der Waals surface area contributed by atoms with Gasteiger partial charge in [0.2, 0.25) is 0 Å². The summed E-state index contributed by atoms with van der Waals surface area (Å²) in [4.78, 5) is 8.79. The minimum absolute atomic E-state index is 0.458. The van der Waals surface area contributed by atoms with Crippen LogP contribution in [-0.2, 0) is 0 Å². The minimum Gasteiger partial charge on any atom is -0.363 e. The first kappa shape index (κ1) is 10.5. The topological polar surface area (TPSA) is 54.2 Å². The largest absolute Gasteiger partial charge is 0.363 e.